The minimum atomic E-state index is -3.41. The fourth-order valence-corrected chi connectivity index (χ4v) is 3.15. The number of guanidine groups is 1. The highest BCUT2D eigenvalue weighted by molar-refractivity contribution is 7.89. The van der Waals surface area contributed by atoms with Crippen LogP contribution in [0.1, 0.15) is 18.9 Å². The van der Waals surface area contributed by atoms with E-state index in [1.165, 1.54) is 7.05 Å². The molecule has 23 heavy (non-hydrogen) atoms. The molecule has 1 aliphatic rings. The quantitative estimate of drug-likeness (QED) is 0.523. The van der Waals surface area contributed by atoms with Crippen LogP contribution in [0.3, 0.4) is 0 Å². The molecule has 0 unspecified atom stereocenters. The van der Waals surface area contributed by atoms with Crippen molar-refractivity contribution < 1.29 is 13.5 Å². The number of likely N-dealkylation sites (tertiary alicyclic amines) is 1. The highest BCUT2D eigenvalue weighted by Gasteiger charge is 2.22. The lowest BCUT2D eigenvalue weighted by Gasteiger charge is -2.20. The van der Waals surface area contributed by atoms with Crippen molar-refractivity contribution >= 4 is 16.0 Å². The molecule has 2 rings (SSSR count). The van der Waals surface area contributed by atoms with Crippen molar-refractivity contribution in [1.29, 1.82) is 0 Å². The molecule has 3 N–H and O–H groups in total. The third-order valence-electron chi connectivity index (χ3n) is 3.71. The molecule has 0 spiro atoms. The minimum absolute atomic E-state index is 0.238. The van der Waals surface area contributed by atoms with Crippen molar-refractivity contribution in [3.63, 3.8) is 0 Å². The summed E-state index contributed by atoms with van der Waals surface area (Å²) in [5.74, 6) is 0.774. The molecular formula is C15H24N4O3S. The standard InChI is InChI=1S/C15H24N4O3S/c1-3-17-15(19-9-8-13(20)11-19)18-10-12-4-6-14(7-5-12)23(21,22)16-2/h4-7,13,16,20H,3,8-11H2,1-2H3,(H,17,18)/t13-/m1/s1. The van der Waals surface area contributed by atoms with Gasteiger partial charge in [-0.15, -0.1) is 0 Å². The van der Waals surface area contributed by atoms with E-state index in [0.717, 1.165) is 31.0 Å². The first-order valence-electron chi connectivity index (χ1n) is 7.70. The summed E-state index contributed by atoms with van der Waals surface area (Å²) >= 11 is 0. The van der Waals surface area contributed by atoms with Gasteiger partial charge in [0.1, 0.15) is 0 Å². The van der Waals surface area contributed by atoms with Crippen LogP contribution in [0.5, 0.6) is 0 Å². The number of β-amino-alcohol motifs (C(OH)–C–C–N with tert-alkyl or cyclic N) is 1. The van der Waals surface area contributed by atoms with Crippen LogP contribution in [0.4, 0.5) is 0 Å². The number of aliphatic hydroxyl groups is 1. The summed E-state index contributed by atoms with van der Waals surface area (Å²) in [6.45, 7) is 4.58. The van der Waals surface area contributed by atoms with Crippen LogP contribution < -0.4 is 10.0 Å². The van der Waals surface area contributed by atoms with Crippen LogP contribution >= 0.6 is 0 Å². The van der Waals surface area contributed by atoms with Gasteiger partial charge in [-0.3, -0.25) is 0 Å². The van der Waals surface area contributed by atoms with Gasteiger partial charge in [0.05, 0.1) is 17.5 Å². The van der Waals surface area contributed by atoms with E-state index in [2.05, 4.69) is 15.0 Å². The number of aliphatic hydroxyl groups excluding tert-OH is 1. The third-order valence-corrected chi connectivity index (χ3v) is 5.14. The molecule has 1 atom stereocenters. The smallest absolute Gasteiger partial charge is 0.240 e. The van der Waals surface area contributed by atoms with Gasteiger partial charge in [0.2, 0.25) is 10.0 Å². The largest absolute Gasteiger partial charge is 0.391 e. The number of sulfonamides is 1. The summed E-state index contributed by atoms with van der Waals surface area (Å²) in [4.78, 5) is 6.84. The summed E-state index contributed by atoms with van der Waals surface area (Å²) in [6, 6.07) is 6.67. The number of nitrogens with zero attached hydrogens (tertiary/aromatic N) is 2. The molecule has 1 fully saturated rings. The molecular weight excluding hydrogens is 316 g/mol. The number of hydrogen-bond acceptors (Lipinski definition) is 4. The second-order valence-corrected chi connectivity index (χ2v) is 7.30. The molecule has 0 aliphatic carbocycles. The number of hydrogen-bond donors (Lipinski definition) is 3. The third kappa shape index (κ3) is 4.66. The van der Waals surface area contributed by atoms with Crippen molar-refractivity contribution in [1.82, 2.24) is 14.9 Å². The van der Waals surface area contributed by atoms with Crippen LogP contribution in [0.25, 0.3) is 0 Å². The first-order chi connectivity index (χ1) is 11.0. The minimum Gasteiger partial charge on any atom is -0.391 e. The molecule has 1 aromatic rings. The molecule has 0 amide bonds. The Morgan fingerprint density at radius 3 is 2.61 bits per heavy atom. The predicted molar refractivity (Wildman–Crippen MR) is 89.7 cm³/mol. The Labute approximate surface area is 137 Å². The van der Waals surface area contributed by atoms with Crippen molar-refractivity contribution in [2.24, 2.45) is 4.99 Å². The van der Waals surface area contributed by atoms with Gasteiger partial charge < -0.3 is 15.3 Å². The molecule has 0 bridgehead atoms. The molecule has 0 radical (unpaired) electrons. The van der Waals surface area contributed by atoms with E-state index < -0.39 is 10.0 Å². The second kappa shape index (κ2) is 7.76. The summed E-state index contributed by atoms with van der Waals surface area (Å²) in [5, 5.41) is 12.9. The fourth-order valence-electron chi connectivity index (χ4n) is 2.42. The monoisotopic (exact) mass is 340 g/mol. The van der Waals surface area contributed by atoms with Gasteiger partial charge in [-0.25, -0.2) is 18.1 Å². The molecule has 1 heterocycles. The summed E-state index contributed by atoms with van der Waals surface area (Å²) < 4.78 is 25.7. The SMILES string of the molecule is CCNC(=NCc1ccc(S(=O)(=O)NC)cc1)N1CC[C@@H](O)C1. The van der Waals surface area contributed by atoms with Crippen molar-refractivity contribution in [3.8, 4) is 0 Å². The fraction of sp³-hybridized carbons (Fsp3) is 0.533. The van der Waals surface area contributed by atoms with E-state index in [4.69, 9.17) is 0 Å². The van der Waals surface area contributed by atoms with E-state index in [1.807, 2.05) is 11.8 Å². The number of benzene rings is 1. The zero-order valence-electron chi connectivity index (χ0n) is 13.5. The van der Waals surface area contributed by atoms with Crippen LogP contribution in [0.15, 0.2) is 34.2 Å². The first kappa shape index (κ1) is 17.7. The first-order valence-corrected chi connectivity index (χ1v) is 9.18. The van der Waals surface area contributed by atoms with Gasteiger partial charge in [0.15, 0.2) is 5.96 Å². The Morgan fingerprint density at radius 2 is 2.09 bits per heavy atom. The summed E-state index contributed by atoms with van der Waals surface area (Å²) in [5.41, 5.74) is 0.926. The Kier molecular flexibility index (Phi) is 5.97. The maximum Gasteiger partial charge on any atom is 0.240 e. The highest BCUT2D eigenvalue weighted by Crippen LogP contribution is 2.12. The van der Waals surface area contributed by atoms with Gasteiger partial charge in [-0.2, -0.15) is 0 Å². The molecule has 7 nitrogen and oxygen atoms in total. The average Bonchev–Trinajstić information content (AvgIpc) is 2.98. The topological polar surface area (TPSA) is 94.0 Å². The lowest BCUT2D eigenvalue weighted by Crippen LogP contribution is -2.40. The van der Waals surface area contributed by atoms with Gasteiger partial charge in [0.25, 0.3) is 0 Å². The molecule has 0 saturated carbocycles. The van der Waals surface area contributed by atoms with Gasteiger partial charge in [-0.05, 0) is 38.1 Å². The zero-order valence-corrected chi connectivity index (χ0v) is 14.3. The van der Waals surface area contributed by atoms with Gasteiger partial charge >= 0.3 is 0 Å². The molecule has 1 saturated heterocycles. The lowest BCUT2D eigenvalue weighted by atomic mass is 10.2. The van der Waals surface area contributed by atoms with E-state index in [0.29, 0.717) is 13.1 Å². The summed E-state index contributed by atoms with van der Waals surface area (Å²) in [7, 11) is -2.02. The molecule has 1 aromatic carbocycles. The average molecular weight is 340 g/mol. The lowest BCUT2D eigenvalue weighted by molar-refractivity contribution is 0.188. The Hall–Kier alpha value is -1.64. The molecule has 1 aliphatic heterocycles. The van der Waals surface area contributed by atoms with Crippen LogP contribution in [-0.2, 0) is 16.6 Å². The molecule has 0 aromatic heterocycles. The molecule has 8 heteroatoms. The van der Waals surface area contributed by atoms with E-state index in [1.54, 1.807) is 24.3 Å². The van der Waals surface area contributed by atoms with Gasteiger partial charge in [-0.1, -0.05) is 12.1 Å². The normalized spacial score (nSPS) is 19.2. The van der Waals surface area contributed by atoms with Crippen LogP contribution in [0.2, 0.25) is 0 Å². The van der Waals surface area contributed by atoms with Crippen LogP contribution in [0, 0.1) is 0 Å². The number of rotatable bonds is 5. The summed E-state index contributed by atoms with van der Waals surface area (Å²) in [6.07, 6.45) is 0.450. The number of aliphatic imine (C=N–C) groups is 1. The van der Waals surface area contributed by atoms with Gasteiger partial charge in [0, 0.05) is 19.6 Å². The van der Waals surface area contributed by atoms with Crippen molar-refractivity contribution in [2.75, 3.05) is 26.7 Å². The van der Waals surface area contributed by atoms with E-state index >= 15 is 0 Å². The Bertz CT molecular complexity index is 643. The van der Waals surface area contributed by atoms with Crippen LogP contribution in [-0.4, -0.2) is 57.2 Å². The maximum absolute atomic E-state index is 11.7. The maximum atomic E-state index is 11.7. The molecule has 128 valence electrons. The van der Waals surface area contributed by atoms with E-state index in [9.17, 15) is 13.5 Å². The Balaban J connectivity index is 2.07. The Morgan fingerprint density at radius 1 is 1.39 bits per heavy atom. The zero-order chi connectivity index (χ0) is 16.9. The predicted octanol–water partition coefficient (Wildman–Crippen LogP) is 0.127. The van der Waals surface area contributed by atoms with Crippen molar-refractivity contribution in [2.45, 2.75) is 30.9 Å². The highest BCUT2D eigenvalue weighted by atomic mass is 32.2. The second-order valence-electron chi connectivity index (χ2n) is 5.41. The van der Waals surface area contributed by atoms with Crippen molar-refractivity contribution in [3.05, 3.63) is 29.8 Å². The number of nitrogens with one attached hydrogen (secondary N) is 2. The van der Waals surface area contributed by atoms with E-state index in [-0.39, 0.29) is 11.0 Å².